The first-order chi connectivity index (χ1) is 27.5. The maximum absolute atomic E-state index is 13.4. The van der Waals surface area contributed by atoms with E-state index < -0.39 is 0 Å². The molecule has 288 valence electrons. The number of fused-ring (bicyclic) bond motifs is 8. The molecule has 12 heteroatoms. The Bertz CT molecular complexity index is 3540. The van der Waals surface area contributed by atoms with Gasteiger partial charge in [-0.1, -0.05) is 46.4 Å². The van der Waals surface area contributed by atoms with E-state index in [1.165, 1.54) is 45.3 Å². The molecule has 6 aromatic carbocycles. The van der Waals surface area contributed by atoms with E-state index in [0.717, 1.165) is 71.0 Å². The smallest absolute Gasteiger partial charge is 0.196 e. The second-order valence-electron chi connectivity index (χ2n) is 14.5. The lowest BCUT2D eigenvalue weighted by Gasteiger charge is -2.11. The number of hydrogen-bond donors (Lipinski definition) is 0. The molecule has 0 N–H and O–H groups in total. The molecule has 0 spiro atoms. The van der Waals surface area contributed by atoms with Crippen LogP contribution in [0.2, 0.25) is 20.1 Å². The lowest BCUT2D eigenvalue weighted by Crippen LogP contribution is -2.07. The van der Waals surface area contributed by atoms with Gasteiger partial charge in [-0.25, -0.2) is 0 Å². The molecule has 0 unspecified atom stereocenters. The van der Waals surface area contributed by atoms with E-state index in [0.29, 0.717) is 63.2 Å². The van der Waals surface area contributed by atoms with Crippen LogP contribution in [-0.2, 0) is 0 Å². The zero-order chi connectivity index (χ0) is 41.2. The van der Waals surface area contributed by atoms with Crippen molar-refractivity contribution >= 4 is 172 Å². The molecule has 0 saturated heterocycles. The van der Waals surface area contributed by atoms with Gasteiger partial charge in [0.15, 0.2) is 21.7 Å². The summed E-state index contributed by atoms with van der Waals surface area (Å²) in [6, 6.07) is 18.3. The number of aryl methyl sites for hydroxylation is 6. The summed E-state index contributed by atoms with van der Waals surface area (Å²) >= 11 is 31.3. The predicted molar refractivity (Wildman–Crippen MR) is 258 cm³/mol. The molecule has 4 aromatic heterocycles. The Morgan fingerprint density at radius 3 is 1.00 bits per heavy atom. The van der Waals surface area contributed by atoms with E-state index in [4.69, 9.17) is 46.4 Å². The molecule has 0 radical (unpaired) electrons. The molecule has 0 atom stereocenters. The summed E-state index contributed by atoms with van der Waals surface area (Å²) in [5, 5.41) is 7.63. The highest BCUT2D eigenvalue weighted by Crippen LogP contribution is 2.39. The summed E-state index contributed by atoms with van der Waals surface area (Å²) in [5.74, 6) is 0. The van der Waals surface area contributed by atoms with Crippen LogP contribution in [0.5, 0.6) is 0 Å². The average Bonchev–Trinajstić information content (AvgIpc) is 3.19. The molecule has 0 bridgehead atoms. The largest absolute Gasteiger partial charge is 0.289 e. The summed E-state index contributed by atoms with van der Waals surface area (Å²) in [6.07, 6.45) is 0. The van der Waals surface area contributed by atoms with Gasteiger partial charge in [-0.15, -0.1) is 45.3 Å². The maximum Gasteiger partial charge on any atom is 0.196 e. The molecule has 0 aliphatic carbocycles. The second-order valence-corrected chi connectivity index (χ2v) is 20.4. The molecule has 0 aliphatic heterocycles. The summed E-state index contributed by atoms with van der Waals surface area (Å²) in [6.45, 7) is 11.5. The predicted octanol–water partition coefficient (Wildman–Crippen LogP) is 14.7. The van der Waals surface area contributed by atoms with E-state index in [1.807, 2.05) is 77.9 Å². The minimum atomic E-state index is -0.0347. The fourth-order valence-electron chi connectivity index (χ4n) is 7.63. The van der Waals surface area contributed by atoms with Crippen molar-refractivity contribution in [1.29, 1.82) is 0 Å². The Morgan fingerprint density at radius 2 is 0.655 bits per heavy atom. The minimum absolute atomic E-state index is 0.0343. The maximum atomic E-state index is 13.4. The van der Waals surface area contributed by atoms with Crippen molar-refractivity contribution < 1.29 is 0 Å². The van der Waals surface area contributed by atoms with Crippen molar-refractivity contribution in [3.8, 4) is 0 Å². The monoisotopic (exact) mass is 912 g/mol. The fraction of sp³-hybridized carbons (Fsp3) is 0.130. The molecule has 4 heterocycles. The quantitative estimate of drug-likeness (QED) is 0.142. The number of hydrogen-bond acceptors (Lipinski definition) is 8. The van der Waals surface area contributed by atoms with Crippen molar-refractivity contribution in [3.05, 3.63) is 155 Å². The Labute approximate surface area is 366 Å². The molecular formula is C46H28Cl4O4S4. The van der Waals surface area contributed by atoms with Crippen molar-refractivity contribution in [2.45, 2.75) is 41.5 Å². The van der Waals surface area contributed by atoms with Crippen LogP contribution >= 0.6 is 91.8 Å². The van der Waals surface area contributed by atoms with Crippen molar-refractivity contribution in [2.75, 3.05) is 0 Å². The average molecular weight is 915 g/mol. The van der Waals surface area contributed by atoms with E-state index in [-0.39, 0.29) is 21.7 Å². The van der Waals surface area contributed by atoms with Gasteiger partial charge in [-0.3, -0.25) is 19.2 Å². The van der Waals surface area contributed by atoms with Crippen LogP contribution in [-0.4, -0.2) is 0 Å². The third-order valence-electron chi connectivity index (χ3n) is 10.9. The van der Waals surface area contributed by atoms with Gasteiger partial charge >= 0.3 is 0 Å². The van der Waals surface area contributed by atoms with Gasteiger partial charge < -0.3 is 0 Å². The lowest BCUT2D eigenvalue weighted by molar-refractivity contribution is 1.47. The standard InChI is InChI=1S/C24H16Cl2O2S2.C22H12Cl2O2S2/c1-9-5-15(25)11(3)19-21(27)13-8-18-14(7-17(13)29-23(9)19)22(28)20-12(4)16(26)6-10(2)24(20)30-18;1-9-15(23)5-3-11-19(25)13-8-18-14(7-17(13)27-21(9)11)20(26)12-4-6-16(24)10(2)22(12)28-18/h5-8H,1-4H3;3-8H,1-2H3. The van der Waals surface area contributed by atoms with E-state index >= 15 is 0 Å². The number of benzene rings is 6. The van der Waals surface area contributed by atoms with Gasteiger partial charge in [-0.2, -0.15) is 0 Å². The third-order valence-corrected chi connectivity index (χ3v) is 17.7. The summed E-state index contributed by atoms with van der Waals surface area (Å²) in [5.41, 5.74) is 5.16. The zero-order valence-electron chi connectivity index (χ0n) is 31.6. The lowest BCUT2D eigenvalue weighted by atomic mass is 10.0. The van der Waals surface area contributed by atoms with E-state index in [2.05, 4.69) is 0 Å². The third kappa shape index (κ3) is 6.02. The van der Waals surface area contributed by atoms with Gasteiger partial charge in [0.1, 0.15) is 0 Å². The highest BCUT2D eigenvalue weighted by molar-refractivity contribution is 7.27. The van der Waals surface area contributed by atoms with Crippen LogP contribution in [0.3, 0.4) is 0 Å². The molecule has 10 rings (SSSR count). The molecule has 0 saturated carbocycles. The Balaban J connectivity index is 0.000000151. The minimum Gasteiger partial charge on any atom is -0.289 e. The van der Waals surface area contributed by atoms with Crippen LogP contribution in [0.4, 0.5) is 0 Å². The van der Waals surface area contributed by atoms with Crippen LogP contribution < -0.4 is 21.7 Å². The molecule has 4 nitrogen and oxygen atoms in total. The van der Waals surface area contributed by atoms with Crippen molar-refractivity contribution in [2.24, 2.45) is 0 Å². The highest BCUT2D eigenvalue weighted by Gasteiger charge is 2.19. The molecule has 0 aliphatic rings. The van der Waals surface area contributed by atoms with Crippen LogP contribution in [0.1, 0.15) is 33.4 Å². The number of halogens is 4. The van der Waals surface area contributed by atoms with Crippen molar-refractivity contribution in [1.82, 2.24) is 0 Å². The normalized spacial score (nSPS) is 11.9. The molecule has 0 fully saturated rings. The van der Waals surface area contributed by atoms with Gasteiger partial charge in [-0.05, 0) is 136 Å². The first-order valence-corrected chi connectivity index (χ1v) is 22.8. The highest BCUT2D eigenvalue weighted by atomic mass is 35.5. The zero-order valence-corrected chi connectivity index (χ0v) is 37.8. The van der Waals surface area contributed by atoms with E-state index in [9.17, 15) is 19.2 Å². The first kappa shape index (κ1) is 39.5. The molecule has 10 aromatic rings. The van der Waals surface area contributed by atoms with Crippen molar-refractivity contribution in [3.63, 3.8) is 0 Å². The topological polar surface area (TPSA) is 68.3 Å². The van der Waals surface area contributed by atoms with Gasteiger partial charge in [0.2, 0.25) is 0 Å². The fourth-order valence-corrected chi connectivity index (χ4v) is 13.4. The molecule has 0 amide bonds. The summed E-state index contributed by atoms with van der Waals surface area (Å²) in [4.78, 5) is 53.1. The summed E-state index contributed by atoms with van der Waals surface area (Å²) in [7, 11) is 0. The van der Waals surface area contributed by atoms with Crippen LogP contribution in [0.25, 0.3) is 80.7 Å². The van der Waals surface area contributed by atoms with Crippen LogP contribution in [0.15, 0.2) is 79.8 Å². The Morgan fingerprint density at radius 1 is 0.345 bits per heavy atom. The first-order valence-electron chi connectivity index (χ1n) is 18.0. The van der Waals surface area contributed by atoms with E-state index in [1.54, 1.807) is 24.3 Å². The molecule has 58 heavy (non-hydrogen) atoms. The van der Waals surface area contributed by atoms with Gasteiger partial charge in [0.25, 0.3) is 0 Å². The Hall–Kier alpha value is -3.96. The molecular weight excluding hydrogens is 887 g/mol. The number of rotatable bonds is 0. The SMILES string of the molecule is Cc1c(Cl)ccc2c(=O)c3cc4sc5c(C)c(Cl)ccc5c(=O)c4cc3sc12.Cc1cc(Cl)c(C)c2c(=O)c3cc4sc5c(C)cc(Cl)c(C)c5c(=O)c4cc3sc12. The Kier molecular flexibility index (Phi) is 9.77. The van der Waals surface area contributed by atoms with Crippen LogP contribution in [0, 0.1) is 41.5 Å². The second kappa shape index (κ2) is 14.4. The summed E-state index contributed by atoms with van der Waals surface area (Å²) < 4.78 is 6.78. The van der Waals surface area contributed by atoms with Gasteiger partial charge in [0.05, 0.1) is 0 Å². The van der Waals surface area contributed by atoms with Gasteiger partial charge in [0, 0.05) is 101 Å².